The van der Waals surface area contributed by atoms with Crippen molar-refractivity contribution in [3.63, 3.8) is 0 Å². The Labute approximate surface area is 91.2 Å². The van der Waals surface area contributed by atoms with E-state index in [1.54, 1.807) is 0 Å². The summed E-state index contributed by atoms with van der Waals surface area (Å²) in [5.74, 6) is -2.21. The van der Waals surface area contributed by atoms with Crippen molar-refractivity contribution in [3.8, 4) is 0 Å². The van der Waals surface area contributed by atoms with E-state index in [0.717, 1.165) is 25.7 Å². The zero-order valence-corrected chi connectivity index (χ0v) is 8.70. The van der Waals surface area contributed by atoms with Gasteiger partial charge in [-0.3, -0.25) is 0 Å². The Morgan fingerprint density at radius 3 is 1.88 bits per heavy atom. The van der Waals surface area contributed by atoms with Gasteiger partial charge >= 0.3 is 12.1 Å². The van der Waals surface area contributed by atoms with Gasteiger partial charge in [0, 0.05) is 12.6 Å². The van der Waals surface area contributed by atoms with Crippen LogP contribution in [0.3, 0.4) is 0 Å². The second-order valence-corrected chi connectivity index (χ2v) is 3.77. The van der Waals surface area contributed by atoms with E-state index in [4.69, 9.17) is 20.7 Å². The van der Waals surface area contributed by atoms with Crippen LogP contribution in [-0.2, 0) is 4.79 Å². The SMILES string of the molecule is NC1CCC(CO)CC1.O=C(O)C(F)(F)F. The van der Waals surface area contributed by atoms with Gasteiger partial charge in [0.2, 0.25) is 0 Å². The minimum atomic E-state index is -5.08. The fraction of sp³-hybridized carbons (Fsp3) is 0.889. The fourth-order valence-corrected chi connectivity index (χ4v) is 1.37. The lowest BCUT2D eigenvalue weighted by Gasteiger charge is -2.23. The summed E-state index contributed by atoms with van der Waals surface area (Å²) in [6.45, 7) is 0.354. The van der Waals surface area contributed by atoms with Crippen LogP contribution >= 0.6 is 0 Å². The van der Waals surface area contributed by atoms with Gasteiger partial charge in [-0.15, -0.1) is 0 Å². The van der Waals surface area contributed by atoms with Crippen LogP contribution in [0.15, 0.2) is 0 Å². The molecule has 0 aliphatic heterocycles. The normalized spacial score (nSPS) is 25.6. The Hall–Kier alpha value is -0.820. The molecule has 4 N–H and O–H groups in total. The number of aliphatic hydroxyl groups is 1. The number of carboxylic acid groups (broad SMARTS) is 1. The van der Waals surface area contributed by atoms with Gasteiger partial charge in [0.25, 0.3) is 0 Å². The van der Waals surface area contributed by atoms with Gasteiger partial charge in [-0.05, 0) is 31.6 Å². The molecule has 0 radical (unpaired) electrons. The molecule has 0 aromatic carbocycles. The highest BCUT2D eigenvalue weighted by Gasteiger charge is 2.38. The monoisotopic (exact) mass is 243 g/mol. The molecule has 96 valence electrons. The number of carboxylic acids is 1. The second kappa shape index (κ2) is 6.70. The zero-order chi connectivity index (χ0) is 12.8. The summed E-state index contributed by atoms with van der Waals surface area (Å²) in [7, 11) is 0. The molecule has 1 rings (SSSR count). The molecule has 0 bridgehead atoms. The van der Waals surface area contributed by atoms with Gasteiger partial charge < -0.3 is 15.9 Å². The van der Waals surface area contributed by atoms with Crippen LogP contribution in [0.1, 0.15) is 25.7 Å². The van der Waals surface area contributed by atoms with Gasteiger partial charge in [-0.25, -0.2) is 4.79 Å². The maximum Gasteiger partial charge on any atom is 0.490 e. The highest BCUT2D eigenvalue weighted by Crippen LogP contribution is 2.21. The highest BCUT2D eigenvalue weighted by molar-refractivity contribution is 5.73. The third kappa shape index (κ3) is 6.62. The fourth-order valence-electron chi connectivity index (χ4n) is 1.37. The highest BCUT2D eigenvalue weighted by atomic mass is 19.4. The lowest BCUT2D eigenvalue weighted by molar-refractivity contribution is -0.192. The summed E-state index contributed by atoms with van der Waals surface area (Å²) < 4.78 is 31.7. The summed E-state index contributed by atoms with van der Waals surface area (Å²) >= 11 is 0. The first-order valence-electron chi connectivity index (χ1n) is 4.94. The van der Waals surface area contributed by atoms with E-state index in [1.807, 2.05) is 0 Å². The predicted octanol–water partition coefficient (Wildman–Crippen LogP) is 1.13. The van der Waals surface area contributed by atoms with E-state index in [1.165, 1.54) is 0 Å². The molecule has 1 saturated carbocycles. The van der Waals surface area contributed by atoms with E-state index >= 15 is 0 Å². The largest absolute Gasteiger partial charge is 0.490 e. The molecule has 0 amide bonds. The lowest BCUT2D eigenvalue weighted by Crippen LogP contribution is -2.27. The summed E-state index contributed by atoms with van der Waals surface area (Å²) in [4.78, 5) is 8.90. The molecular weight excluding hydrogens is 227 g/mol. The lowest BCUT2D eigenvalue weighted by atomic mass is 9.87. The smallest absolute Gasteiger partial charge is 0.475 e. The number of halogens is 3. The molecule has 7 heteroatoms. The van der Waals surface area contributed by atoms with Crippen LogP contribution in [0.4, 0.5) is 13.2 Å². The van der Waals surface area contributed by atoms with Crippen molar-refractivity contribution in [1.82, 2.24) is 0 Å². The van der Waals surface area contributed by atoms with Crippen LogP contribution in [-0.4, -0.2) is 35.0 Å². The summed E-state index contributed by atoms with van der Waals surface area (Å²) in [5, 5.41) is 15.9. The molecule has 0 atom stereocenters. The van der Waals surface area contributed by atoms with E-state index in [-0.39, 0.29) is 0 Å². The first kappa shape index (κ1) is 15.2. The van der Waals surface area contributed by atoms with Crippen molar-refractivity contribution in [2.45, 2.75) is 37.9 Å². The Morgan fingerprint density at radius 1 is 1.25 bits per heavy atom. The van der Waals surface area contributed by atoms with Crippen LogP contribution in [0.25, 0.3) is 0 Å². The van der Waals surface area contributed by atoms with Crippen LogP contribution < -0.4 is 5.73 Å². The second-order valence-electron chi connectivity index (χ2n) is 3.77. The number of carbonyl (C=O) groups is 1. The van der Waals surface area contributed by atoms with Gasteiger partial charge in [0.15, 0.2) is 0 Å². The summed E-state index contributed by atoms with van der Waals surface area (Å²) in [5.41, 5.74) is 5.67. The third-order valence-corrected chi connectivity index (χ3v) is 2.39. The van der Waals surface area contributed by atoms with Gasteiger partial charge in [0.05, 0.1) is 0 Å². The molecule has 0 heterocycles. The number of aliphatic carboxylic acids is 1. The molecule has 0 spiro atoms. The third-order valence-electron chi connectivity index (χ3n) is 2.39. The molecule has 0 aromatic rings. The van der Waals surface area contributed by atoms with Crippen molar-refractivity contribution in [2.75, 3.05) is 6.61 Å². The Balaban J connectivity index is 0.000000293. The first-order chi connectivity index (χ1) is 7.27. The van der Waals surface area contributed by atoms with Crippen LogP contribution in [0, 0.1) is 5.92 Å². The summed E-state index contributed by atoms with van der Waals surface area (Å²) in [6, 6.07) is 0.410. The number of alkyl halides is 3. The van der Waals surface area contributed by atoms with E-state index in [9.17, 15) is 13.2 Å². The number of rotatable bonds is 1. The molecule has 16 heavy (non-hydrogen) atoms. The van der Waals surface area contributed by atoms with Crippen LogP contribution in [0.5, 0.6) is 0 Å². The number of hydrogen-bond acceptors (Lipinski definition) is 3. The van der Waals surface area contributed by atoms with E-state index in [0.29, 0.717) is 18.6 Å². The van der Waals surface area contributed by atoms with Gasteiger partial charge in [0.1, 0.15) is 0 Å². The number of hydrogen-bond donors (Lipinski definition) is 3. The van der Waals surface area contributed by atoms with Crippen molar-refractivity contribution < 1.29 is 28.2 Å². The molecule has 4 nitrogen and oxygen atoms in total. The molecule has 1 aliphatic rings. The molecule has 1 aliphatic carbocycles. The van der Waals surface area contributed by atoms with Gasteiger partial charge in [-0.2, -0.15) is 13.2 Å². The average molecular weight is 243 g/mol. The van der Waals surface area contributed by atoms with Crippen molar-refractivity contribution >= 4 is 5.97 Å². The van der Waals surface area contributed by atoms with Gasteiger partial charge in [-0.1, -0.05) is 0 Å². The standard InChI is InChI=1S/C7H15NO.C2HF3O2/c8-7-3-1-6(5-9)2-4-7;3-2(4,5)1(6)7/h6-7,9H,1-5,8H2;(H,6,7). The summed E-state index contributed by atoms with van der Waals surface area (Å²) in [6.07, 6.45) is -0.633. The molecule has 0 aromatic heterocycles. The molecule has 0 unspecified atom stereocenters. The Morgan fingerprint density at radius 2 is 1.62 bits per heavy atom. The molecular formula is C9H16F3NO3. The number of aliphatic hydroxyl groups excluding tert-OH is 1. The minimum absolute atomic E-state index is 0.354. The predicted molar refractivity (Wildman–Crippen MR) is 50.7 cm³/mol. The molecule has 1 fully saturated rings. The van der Waals surface area contributed by atoms with E-state index < -0.39 is 12.1 Å². The Bertz CT molecular complexity index is 213. The van der Waals surface area contributed by atoms with Crippen LogP contribution in [0.2, 0.25) is 0 Å². The van der Waals surface area contributed by atoms with E-state index in [2.05, 4.69) is 0 Å². The zero-order valence-electron chi connectivity index (χ0n) is 8.70. The Kier molecular flexibility index (Phi) is 6.35. The maximum absolute atomic E-state index is 10.6. The first-order valence-corrected chi connectivity index (χ1v) is 4.94. The quantitative estimate of drug-likeness (QED) is 0.644. The molecule has 0 saturated heterocycles. The number of nitrogens with two attached hydrogens (primary N) is 1. The van der Waals surface area contributed by atoms with Crippen molar-refractivity contribution in [1.29, 1.82) is 0 Å². The average Bonchev–Trinajstić information content (AvgIpc) is 2.18. The maximum atomic E-state index is 10.6. The van der Waals surface area contributed by atoms with Crippen molar-refractivity contribution in [2.24, 2.45) is 11.7 Å². The topological polar surface area (TPSA) is 83.5 Å². The van der Waals surface area contributed by atoms with Crippen molar-refractivity contribution in [3.05, 3.63) is 0 Å². The minimum Gasteiger partial charge on any atom is -0.475 e.